The zero-order chi connectivity index (χ0) is 18.1. The van der Waals surface area contributed by atoms with Gasteiger partial charge in [0.25, 0.3) is 5.91 Å². The Morgan fingerprint density at radius 3 is 2.52 bits per heavy atom. The Kier molecular flexibility index (Phi) is 4.66. The fourth-order valence-electron chi connectivity index (χ4n) is 3.78. The van der Waals surface area contributed by atoms with Gasteiger partial charge in [0.1, 0.15) is 0 Å². The minimum absolute atomic E-state index is 0.0601. The molecule has 132 valence electrons. The van der Waals surface area contributed by atoms with Crippen molar-refractivity contribution in [3.63, 3.8) is 0 Å². The van der Waals surface area contributed by atoms with Crippen molar-refractivity contribution in [2.45, 2.75) is 46.1 Å². The second-order valence-electron chi connectivity index (χ2n) is 6.93. The van der Waals surface area contributed by atoms with Gasteiger partial charge in [-0.3, -0.25) is 9.59 Å². The molecule has 2 aromatic rings. The van der Waals surface area contributed by atoms with Crippen LogP contribution in [0.5, 0.6) is 0 Å². The van der Waals surface area contributed by atoms with Crippen LogP contribution in [-0.2, 0) is 4.79 Å². The van der Waals surface area contributed by atoms with Crippen molar-refractivity contribution in [2.75, 3.05) is 0 Å². The molecule has 2 N–H and O–H groups in total. The van der Waals surface area contributed by atoms with Crippen LogP contribution in [0.3, 0.4) is 0 Å². The van der Waals surface area contributed by atoms with Gasteiger partial charge in [-0.25, -0.2) is 0 Å². The van der Waals surface area contributed by atoms with Crippen LogP contribution in [0.4, 0.5) is 0 Å². The van der Waals surface area contributed by atoms with Gasteiger partial charge in [-0.05, 0) is 57.7 Å². The molecule has 0 aliphatic heterocycles. The Hall–Kier alpha value is -2.56. The highest BCUT2D eigenvalue weighted by molar-refractivity contribution is 5.96. The first-order chi connectivity index (χ1) is 11.9. The summed E-state index contributed by atoms with van der Waals surface area (Å²) in [6.45, 7) is 5.99. The van der Waals surface area contributed by atoms with Gasteiger partial charge in [-0.1, -0.05) is 18.2 Å². The first kappa shape index (κ1) is 17.3. The van der Waals surface area contributed by atoms with Gasteiger partial charge in [0.05, 0.1) is 11.5 Å². The lowest BCUT2D eigenvalue weighted by molar-refractivity contribution is -0.141. The molecule has 2 atom stereocenters. The van der Waals surface area contributed by atoms with Crippen molar-refractivity contribution in [2.24, 2.45) is 5.92 Å². The maximum atomic E-state index is 12.7. The standard InChI is InChI=1S/C20H24N2O3/c1-12-6-4-5-7-18(12)22-13(2)10-17(14(22)3)19(23)21-16-9-8-15(11-16)20(24)25/h4-7,10,15-16H,8-9,11H2,1-3H3,(H,21,23)(H,24,25)/t15-,16+/m1/s1. The second kappa shape index (κ2) is 6.75. The van der Waals surface area contributed by atoms with Crippen LogP contribution >= 0.6 is 0 Å². The number of carboxylic acids is 1. The Morgan fingerprint density at radius 1 is 1.16 bits per heavy atom. The third-order valence-corrected chi connectivity index (χ3v) is 5.15. The summed E-state index contributed by atoms with van der Waals surface area (Å²) in [7, 11) is 0. The fourth-order valence-corrected chi connectivity index (χ4v) is 3.78. The van der Waals surface area contributed by atoms with E-state index in [4.69, 9.17) is 5.11 Å². The molecule has 1 saturated carbocycles. The number of nitrogens with zero attached hydrogens (tertiary/aromatic N) is 1. The third-order valence-electron chi connectivity index (χ3n) is 5.15. The molecule has 0 radical (unpaired) electrons. The number of hydrogen-bond donors (Lipinski definition) is 2. The number of aromatic nitrogens is 1. The van der Waals surface area contributed by atoms with Crippen molar-refractivity contribution in [3.8, 4) is 5.69 Å². The Balaban J connectivity index is 1.82. The largest absolute Gasteiger partial charge is 0.481 e. The maximum Gasteiger partial charge on any atom is 0.306 e. The van der Waals surface area contributed by atoms with Crippen LogP contribution in [0.25, 0.3) is 5.69 Å². The number of benzene rings is 1. The number of rotatable bonds is 4. The fraction of sp³-hybridized carbons (Fsp3) is 0.400. The average Bonchev–Trinajstić information content (AvgIpc) is 3.13. The van der Waals surface area contributed by atoms with Crippen molar-refractivity contribution in [1.82, 2.24) is 9.88 Å². The van der Waals surface area contributed by atoms with E-state index in [1.165, 1.54) is 0 Å². The Morgan fingerprint density at radius 2 is 1.88 bits per heavy atom. The van der Waals surface area contributed by atoms with E-state index in [-0.39, 0.29) is 17.9 Å². The number of carboxylic acid groups (broad SMARTS) is 1. The molecule has 0 bridgehead atoms. The number of para-hydroxylation sites is 1. The van der Waals surface area contributed by atoms with Crippen molar-refractivity contribution >= 4 is 11.9 Å². The lowest BCUT2D eigenvalue weighted by Gasteiger charge is -2.14. The zero-order valence-corrected chi connectivity index (χ0v) is 14.9. The van der Waals surface area contributed by atoms with E-state index < -0.39 is 5.97 Å². The molecule has 1 fully saturated rings. The summed E-state index contributed by atoms with van der Waals surface area (Å²) in [4.78, 5) is 23.8. The minimum Gasteiger partial charge on any atom is -0.481 e. The molecule has 5 heteroatoms. The highest BCUT2D eigenvalue weighted by atomic mass is 16.4. The molecule has 1 heterocycles. The summed E-state index contributed by atoms with van der Waals surface area (Å²) in [5.41, 5.74) is 4.78. The second-order valence-corrected chi connectivity index (χ2v) is 6.93. The van der Waals surface area contributed by atoms with E-state index in [0.29, 0.717) is 18.4 Å². The lowest BCUT2D eigenvalue weighted by Crippen LogP contribution is -2.33. The number of aliphatic carboxylic acids is 1. The summed E-state index contributed by atoms with van der Waals surface area (Å²) in [6.07, 6.45) is 1.86. The highest BCUT2D eigenvalue weighted by Crippen LogP contribution is 2.27. The Bertz CT molecular complexity index is 822. The summed E-state index contributed by atoms with van der Waals surface area (Å²) in [5, 5.41) is 12.1. The van der Waals surface area contributed by atoms with Gasteiger partial charge < -0.3 is 15.0 Å². The predicted molar refractivity (Wildman–Crippen MR) is 96.2 cm³/mol. The summed E-state index contributed by atoms with van der Waals surface area (Å²) < 4.78 is 2.10. The van der Waals surface area contributed by atoms with Crippen molar-refractivity contribution in [3.05, 3.63) is 52.8 Å². The smallest absolute Gasteiger partial charge is 0.306 e. The van der Waals surface area contributed by atoms with E-state index >= 15 is 0 Å². The van der Waals surface area contributed by atoms with Crippen molar-refractivity contribution < 1.29 is 14.7 Å². The van der Waals surface area contributed by atoms with E-state index in [1.54, 1.807) is 0 Å². The van der Waals surface area contributed by atoms with Crippen LogP contribution < -0.4 is 5.32 Å². The Labute approximate surface area is 147 Å². The van der Waals surface area contributed by atoms with Gasteiger partial charge in [-0.15, -0.1) is 0 Å². The normalized spacial score (nSPS) is 19.8. The number of nitrogens with one attached hydrogen (secondary N) is 1. The van der Waals surface area contributed by atoms with Gasteiger partial charge >= 0.3 is 5.97 Å². The van der Waals surface area contributed by atoms with Crippen LogP contribution in [0, 0.1) is 26.7 Å². The van der Waals surface area contributed by atoms with Crippen LogP contribution in [-0.4, -0.2) is 27.6 Å². The summed E-state index contributed by atoms with van der Waals surface area (Å²) in [5.74, 6) is -1.23. The number of carbonyl (C=O) groups is 2. The molecule has 3 rings (SSSR count). The number of aryl methyl sites for hydroxylation is 2. The van der Waals surface area contributed by atoms with Gasteiger partial charge in [0, 0.05) is 23.1 Å². The monoisotopic (exact) mass is 340 g/mol. The molecule has 1 aliphatic carbocycles. The molecule has 1 amide bonds. The maximum absolute atomic E-state index is 12.7. The first-order valence-electron chi connectivity index (χ1n) is 8.67. The zero-order valence-electron chi connectivity index (χ0n) is 14.9. The molecule has 1 aliphatic rings. The number of amides is 1. The van der Waals surface area contributed by atoms with E-state index in [2.05, 4.69) is 22.9 Å². The quantitative estimate of drug-likeness (QED) is 0.896. The number of carbonyl (C=O) groups excluding carboxylic acids is 1. The van der Waals surface area contributed by atoms with E-state index in [9.17, 15) is 9.59 Å². The summed E-state index contributed by atoms with van der Waals surface area (Å²) >= 11 is 0. The van der Waals surface area contributed by atoms with Gasteiger partial charge in [0.2, 0.25) is 0 Å². The van der Waals surface area contributed by atoms with Crippen LogP contribution in [0.2, 0.25) is 0 Å². The molecule has 0 spiro atoms. The van der Waals surface area contributed by atoms with Crippen LogP contribution in [0.15, 0.2) is 30.3 Å². The molecule has 25 heavy (non-hydrogen) atoms. The topological polar surface area (TPSA) is 71.3 Å². The molecule has 1 aromatic heterocycles. The van der Waals surface area contributed by atoms with E-state index in [1.807, 2.05) is 38.1 Å². The molecular weight excluding hydrogens is 316 g/mol. The first-order valence-corrected chi connectivity index (χ1v) is 8.67. The average molecular weight is 340 g/mol. The predicted octanol–water partition coefficient (Wildman–Crippen LogP) is 3.39. The molecule has 0 saturated heterocycles. The van der Waals surface area contributed by atoms with E-state index in [0.717, 1.165) is 29.1 Å². The minimum atomic E-state index is -0.769. The molecule has 5 nitrogen and oxygen atoms in total. The van der Waals surface area contributed by atoms with Gasteiger partial charge in [0.15, 0.2) is 0 Å². The summed E-state index contributed by atoms with van der Waals surface area (Å²) in [6, 6.07) is 9.94. The number of hydrogen-bond acceptors (Lipinski definition) is 2. The van der Waals surface area contributed by atoms with Crippen molar-refractivity contribution in [1.29, 1.82) is 0 Å². The lowest BCUT2D eigenvalue weighted by atomic mass is 10.1. The molecular formula is C20H24N2O3. The SMILES string of the molecule is Cc1ccccc1-n1c(C)cc(C(=O)N[C@H]2CC[C@@H](C(=O)O)C2)c1C. The highest BCUT2D eigenvalue weighted by Gasteiger charge is 2.31. The molecule has 1 aromatic carbocycles. The van der Waals surface area contributed by atoms with Crippen LogP contribution in [0.1, 0.15) is 46.6 Å². The van der Waals surface area contributed by atoms with Gasteiger partial charge in [-0.2, -0.15) is 0 Å². The molecule has 0 unspecified atom stereocenters. The third kappa shape index (κ3) is 3.31.